The molecule has 1 atom stereocenters. The van der Waals surface area contributed by atoms with E-state index in [1.165, 1.54) is 4.68 Å². The van der Waals surface area contributed by atoms with Gasteiger partial charge >= 0.3 is 0 Å². The molecule has 0 saturated carbocycles. The fourth-order valence-electron chi connectivity index (χ4n) is 3.83. The van der Waals surface area contributed by atoms with Crippen LogP contribution in [0.3, 0.4) is 0 Å². The van der Waals surface area contributed by atoms with Gasteiger partial charge in [-0.15, -0.1) is 0 Å². The zero-order valence-electron chi connectivity index (χ0n) is 16.9. The maximum absolute atomic E-state index is 13.2. The molecule has 0 spiro atoms. The van der Waals surface area contributed by atoms with Crippen LogP contribution < -0.4 is 10.9 Å². The van der Waals surface area contributed by atoms with E-state index in [-0.39, 0.29) is 11.5 Å². The Morgan fingerprint density at radius 3 is 2.40 bits per heavy atom. The Hall–Kier alpha value is -3.19. The Morgan fingerprint density at radius 2 is 1.70 bits per heavy atom. The van der Waals surface area contributed by atoms with Crippen LogP contribution in [0.15, 0.2) is 70.1 Å². The molecule has 0 unspecified atom stereocenters. The van der Waals surface area contributed by atoms with Crippen LogP contribution in [0.1, 0.15) is 24.4 Å². The molecule has 2 aromatic heterocycles. The van der Waals surface area contributed by atoms with Gasteiger partial charge in [-0.25, -0.2) is 0 Å². The van der Waals surface area contributed by atoms with E-state index in [0.29, 0.717) is 16.8 Å². The fourth-order valence-corrected chi connectivity index (χ4v) is 4.21. The molecule has 0 radical (unpaired) electrons. The lowest BCUT2D eigenvalue weighted by atomic mass is 10.2. The molecular formula is C23H21BrN4O2. The van der Waals surface area contributed by atoms with Gasteiger partial charge in [-0.2, -0.15) is 9.78 Å². The molecule has 6 nitrogen and oxygen atoms in total. The lowest BCUT2D eigenvalue weighted by Gasteiger charge is -2.18. The Balaban J connectivity index is 1.78. The van der Waals surface area contributed by atoms with Gasteiger partial charge in [0.05, 0.1) is 23.0 Å². The summed E-state index contributed by atoms with van der Waals surface area (Å²) in [5, 5.41) is 8.64. The van der Waals surface area contributed by atoms with Crippen LogP contribution in [0.2, 0.25) is 0 Å². The third-order valence-electron chi connectivity index (χ3n) is 5.35. The van der Waals surface area contributed by atoms with Gasteiger partial charge in [0, 0.05) is 21.2 Å². The van der Waals surface area contributed by atoms with E-state index in [2.05, 4.69) is 26.3 Å². The maximum atomic E-state index is 13.2. The first-order valence-corrected chi connectivity index (χ1v) is 10.4. The molecular weight excluding hydrogens is 444 g/mol. The van der Waals surface area contributed by atoms with Gasteiger partial charge in [-0.3, -0.25) is 9.59 Å². The highest BCUT2D eigenvalue weighted by molar-refractivity contribution is 9.10. The molecule has 4 aromatic rings. The second-order valence-electron chi connectivity index (χ2n) is 7.17. The molecule has 1 amide bonds. The topological polar surface area (TPSA) is 68.9 Å². The molecule has 0 aliphatic rings. The van der Waals surface area contributed by atoms with E-state index in [1.54, 1.807) is 6.20 Å². The van der Waals surface area contributed by atoms with E-state index in [4.69, 9.17) is 0 Å². The standard InChI is InChI=1S/C23H21BrN4O2/c1-14-18-13-25-28(17-9-5-4-6-10-17)23(30)21(18)15(2)27(14)16(3)22(29)26-20-12-8-7-11-19(20)24/h4-13,16H,1-3H3,(H,26,29)/t16-/m1/s1. The minimum atomic E-state index is -0.505. The highest BCUT2D eigenvalue weighted by Gasteiger charge is 2.24. The van der Waals surface area contributed by atoms with E-state index >= 15 is 0 Å². The van der Waals surface area contributed by atoms with E-state index in [0.717, 1.165) is 21.2 Å². The number of rotatable bonds is 4. The number of carbonyl (C=O) groups is 1. The van der Waals surface area contributed by atoms with Gasteiger partial charge in [0.1, 0.15) is 6.04 Å². The molecule has 4 rings (SSSR count). The highest BCUT2D eigenvalue weighted by atomic mass is 79.9. The monoisotopic (exact) mass is 464 g/mol. The summed E-state index contributed by atoms with van der Waals surface area (Å²) in [5.74, 6) is -0.162. The average Bonchev–Trinajstić information content (AvgIpc) is 3.00. The number of hydrogen-bond acceptors (Lipinski definition) is 3. The first-order valence-electron chi connectivity index (χ1n) is 9.60. The van der Waals surface area contributed by atoms with Gasteiger partial charge < -0.3 is 9.88 Å². The predicted molar refractivity (Wildman–Crippen MR) is 122 cm³/mol. The van der Waals surface area contributed by atoms with E-state index in [1.807, 2.05) is 79.9 Å². The van der Waals surface area contributed by atoms with Crippen molar-refractivity contribution in [2.24, 2.45) is 0 Å². The fraction of sp³-hybridized carbons (Fsp3) is 0.174. The van der Waals surface area contributed by atoms with Crippen LogP contribution in [0.4, 0.5) is 5.69 Å². The lowest BCUT2D eigenvalue weighted by Crippen LogP contribution is -2.25. The lowest BCUT2D eigenvalue weighted by molar-refractivity contribution is -0.118. The SMILES string of the molecule is Cc1c2cnn(-c3ccccc3)c(=O)c2c(C)n1[C@H](C)C(=O)Nc1ccccc1Br. The molecule has 0 aliphatic carbocycles. The van der Waals surface area contributed by atoms with Crippen molar-refractivity contribution in [2.75, 3.05) is 5.32 Å². The molecule has 2 aromatic carbocycles. The summed E-state index contributed by atoms with van der Waals surface area (Å²) in [6, 6.07) is 16.3. The van der Waals surface area contributed by atoms with Crippen LogP contribution >= 0.6 is 15.9 Å². The van der Waals surface area contributed by atoms with Crippen LogP contribution in [-0.4, -0.2) is 20.3 Å². The first-order chi connectivity index (χ1) is 14.4. The van der Waals surface area contributed by atoms with Crippen molar-refractivity contribution in [3.05, 3.63) is 87.0 Å². The van der Waals surface area contributed by atoms with Crippen molar-refractivity contribution in [1.29, 1.82) is 0 Å². The van der Waals surface area contributed by atoms with Crippen LogP contribution in [0.25, 0.3) is 16.5 Å². The molecule has 0 fully saturated rings. The number of fused-ring (bicyclic) bond motifs is 1. The molecule has 7 heteroatoms. The smallest absolute Gasteiger partial charge is 0.281 e. The molecule has 152 valence electrons. The third-order valence-corrected chi connectivity index (χ3v) is 6.04. The molecule has 1 N–H and O–H groups in total. The Labute approximate surface area is 182 Å². The van der Waals surface area contributed by atoms with Gasteiger partial charge in [-0.05, 0) is 61.0 Å². The van der Waals surface area contributed by atoms with Crippen molar-refractivity contribution in [1.82, 2.24) is 14.3 Å². The van der Waals surface area contributed by atoms with E-state index in [9.17, 15) is 9.59 Å². The number of aromatic nitrogens is 3. The summed E-state index contributed by atoms with van der Waals surface area (Å²) in [6.45, 7) is 5.61. The van der Waals surface area contributed by atoms with Crippen LogP contribution in [0.5, 0.6) is 0 Å². The van der Waals surface area contributed by atoms with Gasteiger partial charge in [-0.1, -0.05) is 30.3 Å². The normalized spacial score (nSPS) is 12.1. The largest absolute Gasteiger partial charge is 0.336 e. The quantitative estimate of drug-likeness (QED) is 0.472. The summed E-state index contributed by atoms with van der Waals surface area (Å²) < 4.78 is 4.10. The zero-order chi connectivity index (χ0) is 21.4. The number of anilines is 1. The summed E-state index contributed by atoms with van der Waals surface area (Å²) in [4.78, 5) is 26.2. The summed E-state index contributed by atoms with van der Waals surface area (Å²) >= 11 is 3.45. The summed E-state index contributed by atoms with van der Waals surface area (Å²) in [7, 11) is 0. The minimum Gasteiger partial charge on any atom is -0.336 e. The van der Waals surface area contributed by atoms with E-state index < -0.39 is 6.04 Å². The maximum Gasteiger partial charge on any atom is 0.281 e. The van der Waals surface area contributed by atoms with Crippen molar-refractivity contribution < 1.29 is 4.79 Å². The van der Waals surface area contributed by atoms with Crippen molar-refractivity contribution in [3.8, 4) is 5.69 Å². The number of nitrogens with zero attached hydrogens (tertiary/aromatic N) is 3. The predicted octanol–water partition coefficient (Wildman–Crippen LogP) is 4.77. The van der Waals surface area contributed by atoms with Crippen molar-refractivity contribution in [3.63, 3.8) is 0 Å². The number of aryl methyl sites for hydroxylation is 2. The molecule has 0 aliphatic heterocycles. The second-order valence-corrected chi connectivity index (χ2v) is 8.03. The number of halogens is 1. The highest BCUT2D eigenvalue weighted by Crippen LogP contribution is 2.28. The minimum absolute atomic E-state index is 0.162. The first kappa shape index (κ1) is 20.1. The Kier molecular flexibility index (Phi) is 5.30. The second kappa shape index (κ2) is 7.91. The molecule has 0 saturated heterocycles. The molecule has 0 bridgehead atoms. The number of amides is 1. The van der Waals surface area contributed by atoms with Crippen molar-refractivity contribution >= 4 is 38.3 Å². The van der Waals surface area contributed by atoms with Gasteiger partial charge in [0.2, 0.25) is 5.91 Å². The Bertz CT molecular complexity index is 1310. The molecule has 2 heterocycles. The molecule has 30 heavy (non-hydrogen) atoms. The number of benzene rings is 2. The summed E-state index contributed by atoms with van der Waals surface area (Å²) in [6.07, 6.45) is 1.70. The van der Waals surface area contributed by atoms with Crippen LogP contribution in [-0.2, 0) is 4.79 Å². The summed E-state index contributed by atoms with van der Waals surface area (Å²) in [5.41, 5.74) is 2.79. The third kappa shape index (κ3) is 3.35. The Morgan fingerprint density at radius 1 is 1.03 bits per heavy atom. The van der Waals surface area contributed by atoms with Gasteiger partial charge in [0.15, 0.2) is 0 Å². The number of hydrogen-bond donors (Lipinski definition) is 1. The number of carbonyl (C=O) groups excluding carboxylic acids is 1. The van der Waals surface area contributed by atoms with Crippen molar-refractivity contribution in [2.45, 2.75) is 26.8 Å². The van der Waals surface area contributed by atoms with Gasteiger partial charge in [0.25, 0.3) is 5.56 Å². The number of nitrogens with one attached hydrogen (secondary N) is 1. The average molecular weight is 465 g/mol. The zero-order valence-corrected chi connectivity index (χ0v) is 18.5. The number of para-hydroxylation sites is 2. The van der Waals surface area contributed by atoms with Crippen LogP contribution in [0, 0.1) is 13.8 Å².